The maximum absolute atomic E-state index is 12.9. The first kappa shape index (κ1) is 30.7. The molecule has 44 heavy (non-hydrogen) atoms. The van der Waals surface area contributed by atoms with E-state index in [4.69, 9.17) is 4.74 Å². The van der Waals surface area contributed by atoms with Crippen LogP contribution in [0.5, 0.6) is 11.5 Å². The summed E-state index contributed by atoms with van der Waals surface area (Å²) in [5.74, 6) is 0.449. The molecule has 1 saturated heterocycles. The van der Waals surface area contributed by atoms with Crippen LogP contribution in [0.25, 0.3) is 0 Å². The molecule has 8 nitrogen and oxygen atoms in total. The highest BCUT2D eigenvalue weighted by molar-refractivity contribution is 5.97. The first-order valence-corrected chi connectivity index (χ1v) is 14.9. The molecule has 0 unspecified atom stereocenters. The number of Topliss-reactive ketones (excluding diaryl/α,β-unsaturated/α-hetero) is 1. The van der Waals surface area contributed by atoms with Gasteiger partial charge in [-0.15, -0.1) is 0 Å². The van der Waals surface area contributed by atoms with Crippen molar-refractivity contribution in [2.45, 2.75) is 25.8 Å². The molecule has 0 spiro atoms. The van der Waals surface area contributed by atoms with Gasteiger partial charge in [0.1, 0.15) is 11.5 Å². The van der Waals surface area contributed by atoms with Crippen molar-refractivity contribution in [1.82, 2.24) is 9.80 Å². The Morgan fingerprint density at radius 3 is 2.09 bits per heavy atom. The van der Waals surface area contributed by atoms with Gasteiger partial charge in [-0.1, -0.05) is 66.7 Å². The first-order chi connectivity index (χ1) is 21.4. The Balaban J connectivity index is 1.13. The van der Waals surface area contributed by atoms with Crippen molar-refractivity contribution < 1.29 is 24.2 Å². The Hall–Kier alpha value is -4.79. The third kappa shape index (κ3) is 9.10. The first-order valence-electron chi connectivity index (χ1n) is 14.9. The number of carboxylic acids is 1. The Morgan fingerprint density at radius 1 is 0.705 bits per heavy atom. The van der Waals surface area contributed by atoms with E-state index in [1.54, 1.807) is 12.1 Å². The number of amides is 1. The number of nitrogens with one attached hydrogen (secondary N) is 1. The van der Waals surface area contributed by atoms with Crippen molar-refractivity contribution in [3.05, 3.63) is 125 Å². The standard InChI is InChI=1S/C36H37N3O5/c40-34(28-8-3-1-4-9-28)23-30-22-27(12-13-29(30)24-36(42)43)25-38-18-7-19-39(21-20-38)26-35(41)37-31-14-16-33(17-15-31)44-32-10-5-2-6-11-32/h1-6,8-17,22H,7,18-21,23-26H2,(H,37,41)(H,42,43). The molecule has 5 rings (SSSR count). The van der Waals surface area contributed by atoms with E-state index in [-0.39, 0.29) is 24.5 Å². The number of nitrogens with zero attached hydrogens (tertiary/aromatic N) is 2. The molecule has 2 N–H and O–H groups in total. The van der Waals surface area contributed by atoms with Crippen LogP contribution in [-0.2, 0) is 29.0 Å². The average Bonchev–Trinajstić information content (AvgIpc) is 3.24. The molecule has 1 fully saturated rings. The van der Waals surface area contributed by atoms with Crippen molar-refractivity contribution in [3.8, 4) is 11.5 Å². The van der Waals surface area contributed by atoms with Gasteiger partial charge >= 0.3 is 5.97 Å². The second kappa shape index (κ2) is 15.1. The van der Waals surface area contributed by atoms with Gasteiger partial charge in [0.05, 0.1) is 13.0 Å². The number of para-hydroxylation sites is 1. The molecule has 0 aliphatic carbocycles. The molecule has 0 saturated carbocycles. The minimum Gasteiger partial charge on any atom is -0.481 e. The van der Waals surface area contributed by atoms with E-state index in [9.17, 15) is 19.5 Å². The molecule has 0 atom stereocenters. The van der Waals surface area contributed by atoms with Crippen molar-refractivity contribution in [3.63, 3.8) is 0 Å². The zero-order valence-corrected chi connectivity index (χ0v) is 24.7. The van der Waals surface area contributed by atoms with E-state index in [1.807, 2.05) is 91.0 Å². The molecule has 0 aromatic heterocycles. The number of rotatable bonds is 12. The smallest absolute Gasteiger partial charge is 0.307 e. The maximum atomic E-state index is 12.9. The molecular weight excluding hydrogens is 554 g/mol. The summed E-state index contributed by atoms with van der Waals surface area (Å²) in [6.45, 7) is 4.27. The van der Waals surface area contributed by atoms with Gasteiger partial charge in [-0.3, -0.25) is 24.2 Å². The lowest BCUT2D eigenvalue weighted by Gasteiger charge is -2.22. The highest BCUT2D eigenvalue weighted by atomic mass is 16.5. The van der Waals surface area contributed by atoms with Crippen molar-refractivity contribution in [2.75, 3.05) is 38.0 Å². The SMILES string of the molecule is O=C(O)Cc1ccc(CN2CCCN(CC(=O)Nc3ccc(Oc4ccccc4)cc3)CC2)cc1CC(=O)c1ccccc1. The van der Waals surface area contributed by atoms with E-state index in [2.05, 4.69) is 15.1 Å². The van der Waals surface area contributed by atoms with Crippen molar-refractivity contribution in [1.29, 1.82) is 0 Å². The lowest BCUT2D eigenvalue weighted by molar-refractivity contribution is -0.136. The molecule has 1 heterocycles. The van der Waals surface area contributed by atoms with E-state index in [0.717, 1.165) is 55.2 Å². The van der Waals surface area contributed by atoms with Gasteiger partial charge in [-0.2, -0.15) is 0 Å². The molecule has 8 heteroatoms. The number of ketones is 1. The third-order valence-electron chi connectivity index (χ3n) is 7.63. The summed E-state index contributed by atoms with van der Waals surface area (Å²) >= 11 is 0. The van der Waals surface area contributed by atoms with E-state index in [1.165, 1.54) is 0 Å². The summed E-state index contributed by atoms with van der Waals surface area (Å²) in [4.78, 5) is 41.7. The van der Waals surface area contributed by atoms with Crippen LogP contribution in [0.2, 0.25) is 0 Å². The fraction of sp³-hybridized carbons (Fsp3) is 0.250. The monoisotopic (exact) mass is 591 g/mol. The Morgan fingerprint density at radius 2 is 1.36 bits per heavy atom. The number of aliphatic carboxylic acids is 1. The molecule has 0 bridgehead atoms. The molecule has 0 radical (unpaired) electrons. The second-order valence-corrected chi connectivity index (χ2v) is 11.0. The van der Waals surface area contributed by atoms with Crippen LogP contribution in [0, 0.1) is 0 Å². The minimum atomic E-state index is -0.920. The van der Waals surface area contributed by atoms with Gasteiger partial charge in [-0.25, -0.2) is 0 Å². The van der Waals surface area contributed by atoms with Crippen molar-refractivity contribution in [2.24, 2.45) is 0 Å². The molecule has 1 amide bonds. The zero-order valence-electron chi connectivity index (χ0n) is 24.7. The number of hydrogen-bond acceptors (Lipinski definition) is 6. The van der Waals surface area contributed by atoms with Crippen LogP contribution < -0.4 is 10.1 Å². The summed E-state index contributed by atoms with van der Waals surface area (Å²) < 4.78 is 5.82. The number of carbonyl (C=O) groups excluding carboxylic acids is 2. The van der Waals surface area contributed by atoms with Crippen LogP contribution in [0.3, 0.4) is 0 Å². The number of carbonyl (C=O) groups is 3. The van der Waals surface area contributed by atoms with Crippen LogP contribution in [-0.4, -0.2) is 65.3 Å². The molecular formula is C36H37N3O5. The number of anilines is 1. The predicted octanol–water partition coefficient (Wildman–Crippen LogP) is 5.68. The van der Waals surface area contributed by atoms with Gasteiger partial charge in [0.25, 0.3) is 0 Å². The van der Waals surface area contributed by atoms with Crippen LogP contribution in [0.1, 0.15) is 33.5 Å². The van der Waals surface area contributed by atoms with Crippen LogP contribution >= 0.6 is 0 Å². The molecule has 1 aliphatic heterocycles. The summed E-state index contributed by atoms with van der Waals surface area (Å²) in [6, 6.07) is 31.8. The van der Waals surface area contributed by atoms with Gasteiger partial charge in [-0.05, 0) is 72.6 Å². The minimum absolute atomic E-state index is 0.0328. The highest BCUT2D eigenvalue weighted by Crippen LogP contribution is 2.23. The van der Waals surface area contributed by atoms with Gasteiger partial charge in [0, 0.05) is 37.3 Å². The van der Waals surface area contributed by atoms with E-state index < -0.39 is 5.97 Å². The fourth-order valence-electron chi connectivity index (χ4n) is 5.41. The van der Waals surface area contributed by atoms with Gasteiger partial charge in [0.15, 0.2) is 5.78 Å². The highest BCUT2D eigenvalue weighted by Gasteiger charge is 2.19. The quantitative estimate of drug-likeness (QED) is 0.205. The zero-order chi connectivity index (χ0) is 30.7. The van der Waals surface area contributed by atoms with Crippen LogP contribution in [0.4, 0.5) is 5.69 Å². The summed E-state index contributed by atoms with van der Waals surface area (Å²) in [5.41, 5.74) is 3.80. The van der Waals surface area contributed by atoms with E-state index in [0.29, 0.717) is 30.0 Å². The maximum Gasteiger partial charge on any atom is 0.307 e. The second-order valence-electron chi connectivity index (χ2n) is 11.0. The fourth-order valence-corrected chi connectivity index (χ4v) is 5.41. The van der Waals surface area contributed by atoms with E-state index >= 15 is 0 Å². The Labute approximate surface area is 257 Å². The number of benzene rings is 4. The lowest BCUT2D eigenvalue weighted by atomic mass is 9.95. The average molecular weight is 592 g/mol. The molecule has 4 aromatic carbocycles. The summed E-state index contributed by atoms with van der Waals surface area (Å²) in [6.07, 6.45) is 0.964. The lowest BCUT2D eigenvalue weighted by Crippen LogP contribution is -2.36. The molecule has 226 valence electrons. The third-order valence-corrected chi connectivity index (χ3v) is 7.63. The van der Waals surface area contributed by atoms with Gasteiger partial charge < -0.3 is 15.2 Å². The number of carboxylic acid groups (broad SMARTS) is 1. The number of hydrogen-bond donors (Lipinski definition) is 2. The normalized spacial score (nSPS) is 14.0. The molecule has 4 aromatic rings. The largest absolute Gasteiger partial charge is 0.481 e. The Kier molecular flexibility index (Phi) is 10.5. The number of ether oxygens (including phenoxy) is 1. The summed E-state index contributed by atoms with van der Waals surface area (Å²) in [5, 5.41) is 12.4. The van der Waals surface area contributed by atoms with Crippen molar-refractivity contribution >= 4 is 23.3 Å². The summed E-state index contributed by atoms with van der Waals surface area (Å²) in [7, 11) is 0. The molecule has 1 aliphatic rings. The topological polar surface area (TPSA) is 99.2 Å². The van der Waals surface area contributed by atoms with Crippen LogP contribution in [0.15, 0.2) is 103 Å². The van der Waals surface area contributed by atoms with Gasteiger partial charge in [0.2, 0.25) is 5.91 Å². The predicted molar refractivity (Wildman–Crippen MR) is 170 cm³/mol. The Bertz CT molecular complexity index is 1560.